The molecule has 0 saturated carbocycles. The maximum atomic E-state index is 13.8. The summed E-state index contributed by atoms with van der Waals surface area (Å²) in [5, 5.41) is 2.56. The molecule has 3 N–H and O–H groups in total. The highest BCUT2D eigenvalue weighted by Crippen LogP contribution is 2.25. The van der Waals surface area contributed by atoms with E-state index in [1.807, 2.05) is 31.2 Å². The molecule has 1 amide bonds. The van der Waals surface area contributed by atoms with Crippen LogP contribution in [0.2, 0.25) is 5.02 Å². The number of hydrogen-bond acceptors (Lipinski definition) is 3. The van der Waals surface area contributed by atoms with Crippen molar-refractivity contribution in [2.45, 2.75) is 25.4 Å². The van der Waals surface area contributed by atoms with Gasteiger partial charge in [-0.05, 0) is 31.0 Å². The summed E-state index contributed by atoms with van der Waals surface area (Å²) in [6.45, 7) is 2.03. The van der Waals surface area contributed by atoms with Crippen molar-refractivity contribution in [2.24, 2.45) is 0 Å². The second-order valence-corrected chi connectivity index (χ2v) is 6.04. The van der Waals surface area contributed by atoms with Crippen LogP contribution in [-0.4, -0.2) is 11.9 Å². The van der Waals surface area contributed by atoms with Gasteiger partial charge in [0.2, 0.25) is 5.91 Å². The molecule has 6 heteroatoms. The smallest absolute Gasteiger partial charge is 0.243 e. The highest BCUT2D eigenvalue weighted by molar-refractivity contribution is 6.31. The molecule has 2 aromatic rings. The van der Waals surface area contributed by atoms with Crippen LogP contribution in [-0.2, 0) is 4.79 Å². The molecule has 1 fully saturated rings. The summed E-state index contributed by atoms with van der Waals surface area (Å²) in [5.74, 6) is -0.920. The fraction of sp³-hybridized carbons (Fsp3) is 0.235. The molecule has 120 valence electrons. The Hall–Kier alpha value is -1.95. The van der Waals surface area contributed by atoms with Crippen molar-refractivity contribution in [3.8, 4) is 0 Å². The number of benzene rings is 2. The van der Waals surface area contributed by atoms with Gasteiger partial charge in [-0.1, -0.05) is 47.5 Å². The van der Waals surface area contributed by atoms with Gasteiger partial charge >= 0.3 is 0 Å². The number of carbonyl (C=O) groups excluding carboxylic acids is 1. The molecule has 3 rings (SSSR count). The summed E-state index contributed by atoms with van der Waals surface area (Å²) in [4.78, 5) is 12.3. The summed E-state index contributed by atoms with van der Waals surface area (Å²) >= 11 is 5.72. The lowest BCUT2D eigenvalue weighted by molar-refractivity contribution is -0.117. The van der Waals surface area contributed by atoms with Crippen molar-refractivity contribution in [1.29, 1.82) is 0 Å². The van der Waals surface area contributed by atoms with Gasteiger partial charge in [0.25, 0.3) is 0 Å². The Labute approximate surface area is 139 Å². The summed E-state index contributed by atoms with van der Waals surface area (Å²) in [6.07, 6.45) is 0.580. The third-order valence-electron chi connectivity index (χ3n) is 3.91. The molecule has 1 aliphatic heterocycles. The molecule has 0 aromatic heterocycles. The van der Waals surface area contributed by atoms with Gasteiger partial charge in [-0.15, -0.1) is 0 Å². The van der Waals surface area contributed by atoms with Gasteiger partial charge in [0, 0.05) is 6.04 Å². The molecule has 0 radical (unpaired) electrons. The van der Waals surface area contributed by atoms with Gasteiger partial charge in [0.15, 0.2) is 5.82 Å². The summed E-state index contributed by atoms with van der Waals surface area (Å²) in [5.41, 5.74) is 8.44. The van der Waals surface area contributed by atoms with E-state index in [1.165, 1.54) is 17.7 Å². The third-order valence-corrected chi connectivity index (χ3v) is 4.20. The van der Waals surface area contributed by atoms with E-state index in [1.54, 1.807) is 6.07 Å². The number of hydrazine groups is 1. The number of carbonyl (C=O) groups is 1. The molecular weight excluding hydrogens is 317 g/mol. The minimum atomic E-state index is -0.622. The van der Waals surface area contributed by atoms with Gasteiger partial charge < -0.3 is 5.32 Å². The van der Waals surface area contributed by atoms with E-state index < -0.39 is 11.9 Å². The number of halogens is 2. The first kappa shape index (κ1) is 15.9. The molecule has 0 aliphatic carbocycles. The van der Waals surface area contributed by atoms with Crippen molar-refractivity contribution >= 4 is 23.2 Å². The minimum absolute atomic E-state index is 0.0159. The average Bonchev–Trinajstić information content (AvgIpc) is 3.02. The van der Waals surface area contributed by atoms with E-state index in [-0.39, 0.29) is 22.7 Å². The lowest BCUT2D eigenvalue weighted by Gasteiger charge is -2.12. The van der Waals surface area contributed by atoms with Crippen LogP contribution < -0.4 is 16.2 Å². The Bertz CT molecular complexity index is 720. The maximum Gasteiger partial charge on any atom is 0.243 e. The van der Waals surface area contributed by atoms with Crippen molar-refractivity contribution in [3.63, 3.8) is 0 Å². The van der Waals surface area contributed by atoms with Crippen LogP contribution in [0, 0.1) is 12.7 Å². The molecule has 23 heavy (non-hydrogen) atoms. The normalized spacial score (nSPS) is 20.5. The molecule has 1 aliphatic rings. The SMILES string of the molecule is Cc1ccc(C2CC(C(=O)Nc3cccc(Cl)c3F)NN2)cc1. The van der Waals surface area contributed by atoms with Crippen LogP contribution >= 0.6 is 11.6 Å². The molecule has 4 nitrogen and oxygen atoms in total. The van der Waals surface area contributed by atoms with Crippen molar-refractivity contribution in [1.82, 2.24) is 10.9 Å². The van der Waals surface area contributed by atoms with E-state index in [0.717, 1.165) is 5.56 Å². The average molecular weight is 334 g/mol. The van der Waals surface area contributed by atoms with Crippen LogP contribution in [0.15, 0.2) is 42.5 Å². The van der Waals surface area contributed by atoms with Gasteiger partial charge in [0.05, 0.1) is 10.7 Å². The van der Waals surface area contributed by atoms with Gasteiger partial charge in [-0.25, -0.2) is 15.2 Å². The van der Waals surface area contributed by atoms with Crippen LogP contribution in [0.5, 0.6) is 0 Å². The van der Waals surface area contributed by atoms with Gasteiger partial charge in [-0.3, -0.25) is 4.79 Å². The van der Waals surface area contributed by atoms with E-state index in [9.17, 15) is 9.18 Å². The largest absolute Gasteiger partial charge is 0.322 e. The third kappa shape index (κ3) is 3.52. The number of hydrogen-bond donors (Lipinski definition) is 3. The van der Waals surface area contributed by atoms with E-state index >= 15 is 0 Å². The molecule has 2 aromatic carbocycles. The fourth-order valence-electron chi connectivity index (χ4n) is 2.57. The van der Waals surface area contributed by atoms with Crippen molar-refractivity contribution in [3.05, 3.63) is 64.4 Å². The van der Waals surface area contributed by atoms with Crippen LogP contribution in [0.3, 0.4) is 0 Å². The fourth-order valence-corrected chi connectivity index (χ4v) is 2.74. The number of amides is 1. The van der Waals surface area contributed by atoms with Crippen molar-refractivity contribution < 1.29 is 9.18 Å². The molecular formula is C17H17ClFN3O. The lowest BCUT2D eigenvalue weighted by Crippen LogP contribution is -2.39. The minimum Gasteiger partial charge on any atom is -0.322 e. The Balaban J connectivity index is 1.65. The zero-order valence-corrected chi connectivity index (χ0v) is 13.3. The summed E-state index contributed by atoms with van der Waals surface area (Å²) in [7, 11) is 0. The monoisotopic (exact) mass is 333 g/mol. The van der Waals surface area contributed by atoms with Gasteiger partial charge in [-0.2, -0.15) is 0 Å². The predicted octanol–water partition coefficient (Wildman–Crippen LogP) is 3.33. The molecule has 0 spiro atoms. The number of anilines is 1. The molecule has 1 heterocycles. The number of aryl methyl sites for hydroxylation is 1. The van der Waals surface area contributed by atoms with Crippen LogP contribution in [0.25, 0.3) is 0 Å². The second-order valence-electron chi connectivity index (χ2n) is 5.63. The number of nitrogens with one attached hydrogen (secondary N) is 3. The van der Waals surface area contributed by atoms with Gasteiger partial charge in [0.1, 0.15) is 6.04 Å². The van der Waals surface area contributed by atoms with E-state index in [4.69, 9.17) is 11.6 Å². The molecule has 0 bridgehead atoms. The first-order valence-electron chi connectivity index (χ1n) is 7.37. The zero-order valence-electron chi connectivity index (χ0n) is 12.6. The van der Waals surface area contributed by atoms with Crippen molar-refractivity contribution in [2.75, 3.05) is 5.32 Å². The zero-order chi connectivity index (χ0) is 16.4. The molecule has 2 atom stereocenters. The molecule has 2 unspecified atom stereocenters. The topological polar surface area (TPSA) is 53.2 Å². The van der Waals surface area contributed by atoms with E-state index in [2.05, 4.69) is 16.2 Å². The first-order valence-corrected chi connectivity index (χ1v) is 7.75. The second kappa shape index (κ2) is 6.66. The van der Waals surface area contributed by atoms with E-state index in [0.29, 0.717) is 6.42 Å². The lowest BCUT2D eigenvalue weighted by atomic mass is 10.0. The first-order chi connectivity index (χ1) is 11.0. The summed E-state index contributed by atoms with van der Waals surface area (Å²) < 4.78 is 13.8. The quantitative estimate of drug-likeness (QED) is 0.807. The highest BCUT2D eigenvalue weighted by atomic mass is 35.5. The Morgan fingerprint density at radius 2 is 1.96 bits per heavy atom. The van der Waals surface area contributed by atoms with Crippen LogP contribution in [0.4, 0.5) is 10.1 Å². The Morgan fingerprint density at radius 3 is 2.70 bits per heavy atom. The highest BCUT2D eigenvalue weighted by Gasteiger charge is 2.30. The maximum absolute atomic E-state index is 13.8. The standard InChI is InChI=1S/C17H17ClFN3O/c1-10-5-7-11(8-6-10)14-9-15(22-21-14)17(23)20-13-4-2-3-12(18)16(13)19/h2-8,14-15,21-22H,9H2,1H3,(H,20,23). The Morgan fingerprint density at radius 1 is 1.22 bits per heavy atom. The molecule has 1 saturated heterocycles. The predicted molar refractivity (Wildman–Crippen MR) is 88.6 cm³/mol. The summed E-state index contributed by atoms with van der Waals surface area (Å²) in [6, 6.07) is 12.2. The number of rotatable bonds is 3. The Kier molecular flexibility index (Phi) is 4.61. The van der Waals surface area contributed by atoms with Crippen LogP contribution in [0.1, 0.15) is 23.6 Å².